The molecule has 0 N–H and O–H groups in total. The number of likely N-dealkylation sites (N-methyl/N-ethyl adjacent to an activating group) is 2. The Morgan fingerprint density at radius 2 is 1.90 bits per heavy atom. The van der Waals surface area contributed by atoms with Crippen LogP contribution in [0.15, 0.2) is 42.2 Å². The number of nitrogens with zero attached hydrogens (tertiary/aromatic N) is 3. The second-order valence-corrected chi connectivity index (χ2v) is 10.0. The van der Waals surface area contributed by atoms with Gasteiger partial charge in [0.1, 0.15) is 6.04 Å². The summed E-state index contributed by atoms with van der Waals surface area (Å²) in [6.07, 6.45) is 12.2. The lowest BCUT2D eigenvalue weighted by molar-refractivity contribution is -0.136. The third-order valence-corrected chi connectivity index (χ3v) is 7.65. The maximum absolute atomic E-state index is 13.3. The predicted molar refractivity (Wildman–Crippen MR) is 123 cm³/mol. The Bertz CT molecular complexity index is 861. The normalized spacial score (nSPS) is 22.9. The number of hydrogen-bond donors (Lipinski definition) is 0. The van der Waals surface area contributed by atoms with Crippen LogP contribution in [0.1, 0.15) is 49.8 Å². The van der Waals surface area contributed by atoms with Gasteiger partial charge in [-0.2, -0.15) is 0 Å². The molecule has 1 fully saturated rings. The molecule has 30 heavy (non-hydrogen) atoms. The van der Waals surface area contributed by atoms with E-state index in [9.17, 15) is 4.79 Å². The number of fused-ring (bicyclic) bond motifs is 1. The predicted octanol–water partition coefficient (Wildman–Crippen LogP) is 4.14. The van der Waals surface area contributed by atoms with Crippen molar-refractivity contribution in [3.05, 3.63) is 58.9 Å². The van der Waals surface area contributed by atoms with E-state index in [1.54, 1.807) is 5.56 Å². The highest BCUT2D eigenvalue weighted by molar-refractivity contribution is 5.84. The average molecular weight is 408 g/mol. The summed E-state index contributed by atoms with van der Waals surface area (Å²) in [4.78, 5) is 19.7. The summed E-state index contributed by atoms with van der Waals surface area (Å²) in [5.74, 6) is 0.248. The van der Waals surface area contributed by atoms with Gasteiger partial charge in [-0.3, -0.25) is 4.79 Å². The largest absolute Gasteiger partial charge is 0.371 e. The second kappa shape index (κ2) is 8.13. The highest BCUT2D eigenvalue weighted by Crippen LogP contribution is 2.43. The maximum Gasteiger partial charge on any atom is 0.249 e. The lowest BCUT2D eigenvalue weighted by Gasteiger charge is -2.46. The van der Waals surface area contributed by atoms with Gasteiger partial charge in [-0.05, 0) is 75.5 Å². The summed E-state index contributed by atoms with van der Waals surface area (Å²) >= 11 is 0. The maximum atomic E-state index is 13.3. The van der Waals surface area contributed by atoms with Crippen molar-refractivity contribution in [3.8, 4) is 0 Å². The molecule has 4 heteroatoms. The number of aryl methyl sites for hydroxylation is 2. The average Bonchev–Trinajstić information content (AvgIpc) is 2.73. The molecule has 0 bridgehead atoms. The Balaban J connectivity index is 1.37. The minimum absolute atomic E-state index is 0.182. The third kappa shape index (κ3) is 4.01. The molecule has 1 aromatic carbocycles. The monoisotopic (exact) mass is 407 g/mol. The summed E-state index contributed by atoms with van der Waals surface area (Å²) in [7, 11) is 4.12. The van der Waals surface area contributed by atoms with Crippen molar-refractivity contribution in [2.75, 3.05) is 27.2 Å². The van der Waals surface area contributed by atoms with Crippen molar-refractivity contribution >= 4 is 5.91 Å². The first-order valence-electron chi connectivity index (χ1n) is 11.5. The van der Waals surface area contributed by atoms with E-state index in [0.29, 0.717) is 11.5 Å². The van der Waals surface area contributed by atoms with E-state index in [-0.39, 0.29) is 11.9 Å². The molecule has 1 spiro atoms. The van der Waals surface area contributed by atoms with Crippen molar-refractivity contribution < 1.29 is 4.79 Å². The van der Waals surface area contributed by atoms with E-state index in [1.165, 1.54) is 30.4 Å². The van der Waals surface area contributed by atoms with E-state index in [0.717, 1.165) is 31.6 Å². The number of allylic oxidation sites excluding steroid dienone is 1. The molecule has 162 valence electrons. The fourth-order valence-corrected chi connectivity index (χ4v) is 5.29. The summed E-state index contributed by atoms with van der Waals surface area (Å²) < 4.78 is 0. The molecule has 4 nitrogen and oxygen atoms in total. The van der Waals surface area contributed by atoms with Gasteiger partial charge in [-0.1, -0.05) is 29.8 Å². The van der Waals surface area contributed by atoms with Gasteiger partial charge in [0.05, 0.1) is 5.70 Å². The van der Waals surface area contributed by atoms with Crippen LogP contribution >= 0.6 is 0 Å². The topological polar surface area (TPSA) is 26.8 Å². The minimum atomic E-state index is -0.182. The standard InChI is InChI=1S/C26H37N3O/c1-19(2)28(5)23-8-9-24(27(4)18-23)25(30)29-14-12-26(13-15-29)11-10-21-16-20(3)6-7-22(21)17-26/h6-9,16,18-19,24H,10-15,17H2,1-5H3. The summed E-state index contributed by atoms with van der Waals surface area (Å²) in [6.45, 7) is 8.33. The van der Waals surface area contributed by atoms with Crippen LogP contribution in [-0.4, -0.2) is 59.9 Å². The number of benzene rings is 1. The highest BCUT2D eigenvalue weighted by Gasteiger charge is 2.39. The molecular formula is C26H37N3O. The molecule has 1 aliphatic carbocycles. The van der Waals surface area contributed by atoms with Crippen LogP contribution in [0, 0.1) is 12.3 Å². The van der Waals surface area contributed by atoms with Crippen LogP contribution in [0.25, 0.3) is 0 Å². The van der Waals surface area contributed by atoms with Gasteiger partial charge in [0.25, 0.3) is 0 Å². The number of likely N-dealkylation sites (tertiary alicyclic amines) is 1. The first-order valence-corrected chi connectivity index (χ1v) is 11.5. The van der Waals surface area contributed by atoms with Crippen molar-refractivity contribution in [3.63, 3.8) is 0 Å². The molecule has 4 rings (SSSR count). The Labute approximate surface area is 182 Å². The molecular weight excluding hydrogens is 370 g/mol. The SMILES string of the molecule is Cc1ccc2c(c1)CCC1(CCN(C(=O)C3C=CC(N(C)C(C)C)=CN3C)CC1)C2. The molecule has 0 radical (unpaired) electrons. The molecule has 1 unspecified atom stereocenters. The summed E-state index contributed by atoms with van der Waals surface area (Å²) in [5.41, 5.74) is 5.99. The van der Waals surface area contributed by atoms with Crippen LogP contribution in [0.3, 0.4) is 0 Å². The summed E-state index contributed by atoms with van der Waals surface area (Å²) in [6, 6.07) is 7.20. The number of carbonyl (C=O) groups is 1. The molecule has 1 aromatic rings. The van der Waals surface area contributed by atoms with Crippen molar-refractivity contribution in [1.29, 1.82) is 0 Å². The molecule has 2 heterocycles. The van der Waals surface area contributed by atoms with Gasteiger partial charge in [-0.25, -0.2) is 0 Å². The number of amides is 1. The van der Waals surface area contributed by atoms with Gasteiger partial charge in [0, 0.05) is 39.4 Å². The van der Waals surface area contributed by atoms with E-state index >= 15 is 0 Å². The second-order valence-electron chi connectivity index (χ2n) is 10.0. The van der Waals surface area contributed by atoms with E-state index in [4.69, 9.17) is 0 Å². The smallest absolute Gasteiger partial charge is 0.249 e. The fraction of sp³-hybridized carbons (Fsp3) is 0.577. The molecule has 0 aromatic heterocycles. The van der Waals surface area contributed by atoms with Crippen LogP contribution in [0.5, 0.6) is 0 Å². The molecule has 1 atom stereocenters. The minimum Gasteiger partial charge on any atom is -0.371 e. The van der Waals surface area contributed by atoms with Gasteiger partial charge >= 0.3 is 0 Å². The summed E-state index contributed by atoms with van der Waals surface area (Å²) in [5, 5.41) is 0. The Morgan fingerprint density at radius 1 is 1.17 bits per heavy atom. The van der Waals surface area contributed by atoms with E-state index in [1.807, 2.05) is 7.05 Å². The lowest BCUT2D eigenvalue weighted by Crippen LogP contribution is -2.51. The molecule has 3 aliphatic rings. The zero-order valence-electron chi connectivity index (χ0n) is 19.3. The Hall–Kier alpha value is -2.23. The van der Waals surface area contributed by atoms with Crippen LogP contribution in [0.2, 0.25) is 0 Å². The van der Waals surface area contributed by atoms with Crippen LogP contribution in [0.4, 0.5) is 0 Å². The van der Waals surface area contributed by atoms with Crippen molar-refractivity contribution in [2.24, 2.45) is 5.41 Å². The first-order chi connectivity index (χ1) is 14.3. The van der Waals surface area contributed by atoms with Gasteiger partial charge in [-0.15, -0.1) is 0 Å². The van der Waals surface area contributed by atoms with Gasteiger partial charge in [0.15, 0.2) is 0 Å². The quantitative estimate of drug-likeness (QED) is 0.753. The number of hydrogen-bond acceptors (Lipinski definition) is 3. The molecule has 1 amide bonds. The van der Waals surface area contributed by atoms with Gasteiger partial charge < -0.3 is 14.7 Å². The van der Waals surface area contributed by atoms with E-state index in [2.05, 4.69) is 79.1 Å². The molecule has 1 saturated heterocycles. The van der Waals surface area contributed by atoms with Crippen LogP contribution in [-0.2, 0) is 17.6 Å². The number of carbonyl (C=O) groups excluding carboxylic acids is 1. The number of piperidine rings is 1. The Morgan fingerprint density at radius 3 is 2.57 bits per heavy atom. The lowest BCUT2D eigenvalue weighted by atomic mass is 9.66. The molecule has 2 aliphatic heterocycles. The van der Waals surface area contributed by atoms with Gasteiger partial charge in [0.2, 0.25) is 5.91 Å². The van der Waals surface area contributed by atoms with Crippen molar-refractivity contribution in [2.45, 2.75) is 65.0 Å². The zero-order chi connectivity index (χ0) is 21.5. The molecule has 0 saturated carbocycles. The van der Waals surface area contributed by atoms with E-state index < -0.39 is 0 Å². The zero-order valence-corrected chi connectivity index (χ0v) is 19.3. The number of rotatable bonds is 3. The Kier molecular flexibility index (Phi) is 5.69. The van der Waals surface area contributed by atoms with Crippen molar-refractivity contribution in [1.82, 2.24) is 14.7 Å². The fourth-order valence-electron chi connectivity index (χ4n) is 5.29. The van der Waals surface area contributed by atoms with Crippen LogP contribution < -0.4 is 0 Å². The first kappa shape index (κ1) is 21.0. The third-order valence-electron chi connectivity index (χ3n) is 7.65. The highest BCUT2D eigenvalue weighted by atomic mass is 16.2.